The lowest BCUT2D eigenvalue weighted by Crippen LogP contribution is -2.31. The average molecular weight is 880 g/mol. The summed E-state index contributed by atoms with van der Waals surface area (Å²) in [5.41, 5.74) is 8.93. The minimum Gasteiger partial charge on any atom is -0.325 e. The molecular weight excluding hydrogens is 847 g/mol. The number of nitrogens with one attached hydrogen (secondary N) is 3. The second kappa shape index (κ2) is 16.9. The number of fused-ring (bicyclic) bond motifs is 2. The second-order valence-electron chi connectivity index (χ2n) is 15.1. The first-order valence-electron chi connectivity index (χ1n) is 20.4. The molecule has 13 heteroatoms. The molecular formula is C52H33N9O2S2. The number of nitrogens with zero attached hydrogens (tertiary/aromatic N) is 6. The molecule has 0 spiro atoms. The standard InChI is InChI=1S/C52H33N9O2S2/c1-29-14-10-12-20-35(29)49(62)60-47-43(51-55-37-24-22-31(28-53)26-39(37)64-51)41(32-16-6-4-7-17-32)45(58-47)57-46-42(33-18-8-5-9-19-33)44(52-56-38-25-23-34(54-3)27-40(38)65-52)48(59-46)61-50(63)36-21-13-11-15-30(36)2/h4-27,59H,1-2H3,(H,61,63)(H,57,58,60,62). The summed E-state index contributed by atoms with van der Waals surface area (Å²) in [6.07, 6.45) is 0. The topological polar surface area (TPSA) is 153 Å². The number of anilines is 1. The van der Waals surface area contributed by atoms with E-state index in [0.29, 0.717) is 77.3 Å². The quantitative estimate of drug-likeness (QED) is 0.130. The number of carbonyl (C=O) groups excluding carboxylic acids is 2. The first-order chi connectivity index (χ1) is 31.8. The van der Waals surface area contributed by atoms with Crippen molar-refractivity contribution in [1.82, 2.24) is 20.3 Å². The van der Waals surface area contributed by atoms with Gasteiger partial charge in [-0.3, -0.25) is 9.59 Å². The van der Waals surface area contributed by atoms with Crippen LogP contribution in [0.1, 0.15) is 48.0 Å². The van der Waals surface area contributed by atoms with Crippen LogP contribution in [0.15, 0.2) is 156 Å². The highest BCUT2D eigenvalue weighted by Crippen LogP contribution is 2.48. The number of aromatic nitrogens is 3. The lowest BCUT2D eigenvalue weighted by atomic mass is 9.99. The Labute approximate surface area is 380 Å². The first-order valence-corrected chi connectivity index (χ1v) is 22.0. The lowest BCUT2D eigenvalue weighted by molar-refractivity contribution is 0.0975. The van der Waals surface area contributed by atoms with Crippen LogP contribution in [0.3, 0.4) is 0 Å². The molecule has 310 valence electrons. The number of aryl methyl sites for hydroxylation is 2. The highest BCUT2D eigenvalue weighted by molar-refractivity contribution is 7.21. The third kappa shape index (κ3) is 7.68. The number of H-pyrrole nitrogens is 1. The van der Waals surface area contributed by atoms with E-state index in [1.807, 2.05) is 129 Å². The molecule has 11 nitrogen and oxygen atoms in total. The zero-order valence-electron chi connectivity index (χ0n) is 34.7. The van der Waals surface area contributed by atoms with Crippen LogP contribution in [0, 0.1) is 31.8 Å². The molecule has 2 amide bonds. The molecule has 3 N–H and O–H groups in total. The predicted molar refractivity (Wildman–Crippen MR) is 261 cm³/mol. The largest absolute Gasteiger partial charge is 0.325 e. The van der Waals surface area contributed by atoms with Crippen LogP contribution in [-0.2, 0) is 0 Å². The fourth-order valence-corrected chi connectivity index (χ4v) is 9.89. The van der Waals surface area contributed by atoms with Crippen molar-refractivity contribution in [2.24, 2.45) is 9.98 Å². The Balaban J connectivity index is 1.24. The van der Waals surface area contributed by atoms with Crippen LogP contribution in [0.5, 0.6) is 0 Å². The van der Waals surface area contributed by atoms with E-state index in [1.165, 1.54) is 22.7 Å². The molecule has 0 unspecified atom stereocenters. The number of hydrogen-bond donors (Lipinski definition) is 3. The summed E-state index contributed by atoms with van der Waals surface area (Å²) in [4.78, 5) is 56.1. The van der Waals surface area contributed by atoms with Crippen LogP contribution in [0.2, 0.25) is 0 Å². The molecule has 6 aromatic carbocycles. The number of amides is 2. The predicted octanol–water partition coefficient (Wildman–Crippen LogP) is 12.3. The van der Waals surface area contributed by atoms with Gasteiger partial charge in [0.25, 0.3) is 11.8 Å². The Hall–Kier alpha value is -8.62. The fourth-order valence-electron chi connectivity index (χ4n) is 7.78. The van der Waals surface area contributed by atoms with Gasteiger partial charge in [0.2, 0.25) is 0 Å². The van der Waals surface area contributed by atoms with Gasteiger partial charge in [-0.15, -0.1) is 22.7 Å². The molecule has 65 heavy (non-hydrogen) atoms. The van der Waals surface area contributed by atoms with Crippen molar-refractivity contribution >= 4 is 95.1 Å². The summed E-state index contributed by atoms with van der Waals surface area (Å²) in [7, 11) is 0. The molecule has 1 aliphatic rings. The van der Waals surface area contributed by atoms with E-state index in [-0.39, 0.29) is 23.5 Å². The summed E-state index contributed by atoms with van der Waals surface area (Å²) in [5.74, 6) is 0.568. The second-order valence-corrected chi connectivity index (χ2v) is 17.2. The van der Waals surface area contributed by atoms with Gasteiger partial charge in [-0.25, -0.2) is 24.8 Å². The number of hydrogen-bond acceptors (Lipinski definition) is 8. The van der Waals surface area contributed by atoms with Crippen molar-refractivity contribution < 1.29 is 9.59 Å². The van der Waals surface area contributed by atoms with E-state index in [2.05, 4.69) is 26.5 Å². The number of thiazole rings is 2. The molecule has 0 radical (unpaired) electrons. The number of aliphatic imine (C=N–C) groups is 2. The number of nitriles is 1. The molecule has 9 aromatic rings. The molecule has 10 rings (SSSR count). The van der Waals surface area contributed by atoms with Gasteiger partial charge >= 0.3 is 0 Å². The molecule has 0 saturated heterocycles. The SMILES string of the molecule is [C-]#[N+]c1ccc2nc(-c3c(NC(=O)c4ccccc4C)[nH]c(N=C4N=C(NC(=O)c5ccccc5C)C(c5nc6ccc(C#N)cc6s5)=C4c4ccccc4)c3-c3ccccc3)sc2c1. The highest BCUT2D eigenvalue weighted by atomic mass is 32.1. The molecule has 4 heterocycles. The highest BCUT2D eigenvalue weighted by Gasteiger charge is 2.33. The van der Waals surface area contributed by atoms with Crippen molar-refractivity contribution in [2.75, 3.05) is 5.32 Å². The minimum atomic E-state index is -0.355. The smallest absolute Gasteiger partial charge is 0.257 e. The molecule has 0 saturated carbocycles. The van der Waals surface area contributed by atoms with Gasteiger partial charge in [0.05, 0.1) is 45.1 Å². The van der Waals surface area contributed by atoms with Gasteiger partial charge < -0.3 is 15.6 Å². The Bertz CT molecular complexity index is 3590. The molecule has 3 aromatic heterocycles. The normalized spacial score (nSPS) is 12.9. The van der Waals surface area contributed by atoms with Gasteiger partial charge in [0.15, 0.2) is 11.5 Å². The number of rotatable bonds is 8. The summed E-state index contributed by atoms with van der Waals surface area (Å²) in [5, 5.41) is 17.2. The van der Waals surface area contributed by atoms with E-state index < -0.39 is 0 Å². The van der Waals surface area contributed by atoms with Crippen LogP contribution in [-0.4, -0.2) is 38.4 Å². The summed E-state index contributed by atoms with van der Waals surface area (Å²) >= 11 is 2.79. The monoisotopic (exact) mass is 879 g/mol. The maximum atomic E-state index is 14.2. The summed E-state index contributed by atoms with van der Waals surface area (Å²) < 4.78 is 1.60. The van der Waals surface area contributed by atoms with Crippen molar-refractivity contribution in [3.8, 4) is 27.8 Å². The Kier molecular flexibility index (Phi) is 10.5. The van der Waals surface area contributed by atoms with Gasteiger partial charge in [-0.1, -0.05) is 103 Å². The van der Waals surface area contributed by atoms with Crippen LogP contribution in [0.25, 0.3) is 58.1 Å². The third-order valence-corrected chi connectivity index (χ3v) is 13.0. The zero-order chi connectivity index (χ0) is 44.6. The lowest BCUT2D eigenvalue weighted by Gasteiger charge is -2.10. The maximum absolute atomic E-state index is 14.2. The molecule has 0 bridgehead atoms. The van der Waals surface area contributed by atoms with Crippen molar-refractivity contribution in [3.05, 3.63) is 195 Å². The molecule has 0 atom stereocenters. The molecule has 0 fully saturated rings. The van der Waals surface area contributed by atoms with Crippen molar-refractivity contribution in [3.63, 3.8) is 0 Å². The Morgan fingerprint density at radius 3 is 1.92 bits per heavy atom. The first kappa shape index (κ1) is 40.5. The summed E-state index contributed by atoms with van der Waals surface area (Å²) in [6.45, 7) is 11.4. The van der Waals surface area contributed by atoms with E-state index >= 15 is 0 Å². The van der Waals surface area contributed by atoms with Gasteiger partial charge in [0, 0.05) is 27.0 Å². The van der Waals surface area contributed by atoms with E-state index in [1.54, 1.807) is 30.3 Å². The Morgan fingerprint density at radius 2 is 1.26 bits per heavy atom. The van der Waals surface area contributed by atoms with E-state index in [9.17, 15) is 14.9 Å². The molecule has 0 aliphatic carbocycles. The van der Waals surface area contributed by atoms with Gasteiger partial charge in [-0.2, -0.15) is 5.26 Å². The van der Waals surface area contributed by atoms with Gasteiger partial charge in [-0.05, 0) is 78.6 Å². The minimum absolute atomic E-state index is 0.248. The van der Waals surface area contributed by atoms with Gasteiger partial charge in [0.1, 0.15) is 27.5 Å². The van der Waals surface area contributed by atoms with Crippen molar-refractivity contribution in [1.29, 1.82) is 5.26 Å². The fraction of sp³-hybridized carbons (Fsp3) is 0.0385. The van der Waals surface area contributed by atoms with Crippen molar-refractivity contribution in [2.45, 2.75) is 13.8 Å². The number of amidine groups is 2. The zero-order valence-corrected chi connectivity index (χ0v) is 36.3. The van der Waals surface area contributed by atoms with Crippen LogP contribution >= 0.6 is 22.7 Å². The number of benzene rings is 6. The molecule has 1 aliphatic heterocycles. The van der Waals surface area contributed by atoms with E-state index in [0.717, 1.165) is 31.7 Å². The van der Waals surface area contributed by atoms with Crippen LogP contribution in [0.4, 0.5) is 17.3 Å². The Morgan fingerprint density at radius 1 is 0.677 bits per heavy atom. The van der Waals surface area contributed by atoms with Crippen LogP contribution < -0.4 is 10.6 Å². The third-order valence-electron chi connectivity index (χ3n) is 10.9. The average Bonchev–Trinajstić information content (AvgIpc) is 4.12. The maximum Gasteiger partial charge on any atom is 0.257 e. The number of carbonyl (C=O) groups is 2. The van der Waals surface area contributed by atoms with E-state index in [4.69, 9.17) is 26.5 Å². The number of aromatic amines is 1. The summed E-state index contributed by atoms with van der Waals surface area (Å²) in [6, 6.07) is 47.1.